The first-order valence-corrected chi connectivity index (χ1v) is 4.86. The molecular formula is C10H9N3O4. The van der Waals surface area contributed by atoms with Crippen LogP contribution in [-0.2, 0) is 14.3 Å². The molecule has 0 bridgehead atoms. The number of aromatic nitrogens is 2. The molecule has 1 aliphatic heterocycles. The van der Waals surface area contributed by atoms with Crippen molar-refractivity contribution < 1.29 is 19.1 Å². The average Bonchev–Trinajstić information content (AvgIpc) is 2.68. The number of carbonyl (C=O) groups excluding carboxylic acids is 3. The van der Waals surface area contributed by atoms with Crippen molar-refractivity contribution in [1.29, 1.82) is 0 Å². The van der Waals surface area contributed by atoms with E-state index >= 15 is 0 Å². The fourth-order valence-corrected chi connectivity index (χ4v) is 1.48. The van der Waals surface area contributed by atoms with E-state index in [1.54, 1.807) is 0 Å². The summed E-state index contributed by atoms with van der Waals surface area (Å²) in [5.41, 5.74) is 0.0502. The van der Waals surface area contributed by atoms with Crippen LogP contribution in [0.25, 0.3) is 0 Å². The summed E-state index contributed by atoms with van der Waals surface area (Å²) in [5.74, 6) is -0.814. The number of nitrogens with zero attached hydrogens (tertiary/aromatic N) is 3. The van der Waals surface area contributed by atoms with Gasteiger partial charge in [0.2, 0.25) is 5.91 Å². The molecule has 0 N–H and O–H groups in total. The van der Waals surface area contributed by atoms with E-state index in [-0.39, 0.29) is 36.2 Å². The molecule has 0 aromatic carbocycles. The van der Waals surface area contributed by atoms with Gasteiger partial charge < -0.3 is 4.74 Å². The van der Waals surface area contributed by atoms with Crippen LogP contribution in [0.2, 0.25) is 0 Å². The van der Waals surface area contributed by atoms with E-state index in [9.17, 15) is 14.4 Å². The smallest absolute Gasteiger partial charge is 0.358 e. The highest BCUT2D eigenvalue weighted by molar-refractivity contribution is 6.14. The van der Waals surface area contributed by atoms with Gasteiger partial charge in [-0.3, -0.25) is 14.5 Å². The largest absolute Gasteiger partial charge is 0.464 e. The lowest BCUT2D eigenvalue weighted by molar-refractivity contribution is -0.121. The summed E-state index contributed by atoms with van der Waals surface area (Å²) in [5, 5.41) is 7.34. The van der Waals surface area contributed by atoms with Crippen LogP contribution >= 0.6 is 0 Å². The van der Waals surface area contributed by atoms with Crippen LogP contribution in [0.1, 0.15) is 16.9 Å². The number of ketones is 1. The third kappa shape index (κ3) is 2.12. The van der Waals surface area contributed by atoms with Gasteiger partial charge in [0, 0.05) is 0 Å². The van der Waals surface area contributed by atoms with Gasteiger partial charge in [-0.25, -0.2) is 4.79 Å². The van der Waals surface area contributed by atoms with E-state index in [1.807, 2.05) is 0 Å². The number of esters is 1. The topological polar surface area (TPSA) is 89.5 Å². The fourth-order valence-electron chi connectivity index (χ4n) is 1.48. The number of carbonyl (C=O) groups is 3. The molecule has 7 nitrogen and oxygen atoms in total. The number of rotatable bonds is 2. The highest BCUT2D eigenvalue weighted by Crippen LogP contribution is 2.16. The summed E-state index contributed by atoms with van der Waals surface area (Å²) in [6.45, 7) is 0.00504. The maximum atomic E-state index is 11.4. The van der Waals surface area contributed by atoms with Crippen LogP contribution in [0.5, 0.6) is 0 Å². The van der Waals surface area contributed by atoms with Gasteiger partial charge in [-0.2, -0.15) is 0 Å². The average molecular weight is 235 g/mol. The number of amides is 1. The van der Waals surface area contributed by atoms with Crippen molar-refractivity contribution in [1.82, 2.24) is 10.2 Å². The van der Waals surface area contributed by atoms with Crippen LogP contribution in [0, 0.1) is 0 Å². The minimum Gasteiger partial charge on any atom is -0.464 e. The van der Waals surface area contributed by atoms with Crippen molar-refractivity contribution in [3.8, 4) is 0 Å². The molecule has 7 heteroatoms. The van der Waals surface area contributed by atoms with Crippen molar-refractivity contribution in [2.45, 2.75) is 6.42 Å². The highest BCUT2D eigenvalue weighted by atomic mass is 16.5. The van der Waals surface area contributed by atoms with Crippen molar-refractivity contribution in [3.63, 3.8) is 0 Å². The lowest BCUT2D eigenvalue weighted by Gasteiger charge is -2.12. The Kier molecular flexibility index (Phi) is 2.82. The van der Waals surface area contributed by atoms with Gasteiger partial charge in [0.1, 0.15) is 0 Å². The SMILES string of the molecule is COC(=O)c1ccc(N2CC(=O)CC2=O)nn1. The third-order valence-electron chi connectivity index (χ3n) is 2.31. The Labute approximate surface area is 96.4 Å². The van der Waals surface area contributed by atoms with Gasteiger partial charge in [-0.15, -0.1) is 10.2 Å². The first kappa shape index (κ1) is 11.2. The molecule has 1 fully saturated rings. The molecule has 0 aliphatic carbocycles. The lowest BCUT2D eigenvalue weighted by Crippen LogP contribution is -2.26. The van der Waals surface area contributed by atoms with Crippen molar-refractivity contribution >= 4 is 23.5 Å². The summed E-state index contributed by atoms with van der Waals surface area (Å²) >= 11 is 0. The van der Waals surface area contributed by atoms with Gasteiger partial charge in [-0.05, 0) is 12.1 Å². The Morgan fingerprint density at radius 3 is 2.59 bits per heavy atom. The summed E-state index contributed by atoms with van der Waals surface area (Å²) < 4.78 is 4.46. The zero-order valence-electron chi connectivity index (χ0n) is 9.04. The molecule has 2 heterocycles. The molecule has 1 aromatic heterocycles. The van der Waals surface area contributed by atoms with Crippen LogP contribution in [0.4, 0.5) is 5.82 Å². The second-order valence-electron chi connectivity index (χ2n) is 3.46. The molecule has 0 atom stereocenters. The standard InChI is InChI=1S/C10H9N3O4/c1-17-10(16)7-2-3-8(12-11-7)13-5-6(14)4-9(13)15/h2-3H,4-5H2,1H3. The molecular weight excluding hydrogens is 226 g/mol. The summed E-state index contributed by atoms with van der Waals surface area (Å²) in [4.78, 5) is 34.8. The number of hydrogen-bond donors (Lipinski definition) is 0. The Bertz CT molecular complexity index is 483. The second kappa shape index (κ2) is 4.28. The normalized spacial score (nSPS) is 15.2. The summed E-state index contributed by atoms with van der Waals surface area (Å²) in [6.07, 6.45) is -0.111. The first-order valence-electron chi connectivity index (χ1n) is 4.86. The number of ether oxygens (including phenoxy) is 1. The number of anilines is 1. The highest BCUT2D eigenvalue weighted by Gasteiger charge is 2.29. The molecule has 0 radical (unpaired) electrons. The summed E-state index contributed by atoms with van der Waals surface area (Å²) in [7, 11) is 1.24. The molecule has 0 spiro atoms. The molecule has 1 saturated heterocycles. The van der Waals surface area contributed by atoms with Crippen molar-refractivity contribution in [2.75, 3.05) is 18.6 Å². The molecule has 0 saturated carbocycles. The minimum atomic E-state index is -0.604. The summed E-state index contributed by atoms with van der Waals surface area (Å²) in [6, 6.07) is 2.85. The van der Waals surface area contributed by atoms with E-state index in [0.29, 0.717) is 0 Å². The van der Waals surface area contributed by atoms with E-state index in [2.05, 4.69) is 14.9 Å². The molecule has 17 heavy (non-hydrogen) atoms. The maximum absolute atomic E-state index is 11.4. The zero-order valence-corrected chi connectivity index (χ0v) is 9.04. The van der Waals surface area contributed by atoms with E-state index in [0.717, 1.165) is 0 Å². The van der Waals surface area contributed by atoms with Crippen LogP contribution in [0.15, 0.2) is 12.1 Å². The molecule has 2 rings (SSSR count). The van der Waals surface area contributed by atoms with Gasteiger partial charge in [0.05, 0.1) is 20.1 Å². The van der Waals surface area contributed by atoms with Crippen molar-refractivity contribution in [2.24, 2.45) is 0 Å². The first-order chi connectivity index (χ1) is 8.11. The molecule has 88 valence electrons. The van der Waals surface area contributed by atoms with Crippen LogP contribution < -0.4 is 4.90 Å². The monoisotopic (exact) mass is 235 g/mol. The molecule has 1 aromatic rings. The van der Waals surface area contributed by atoms with E-state index in [1.165, 1.54) is 24.1 Å². The van der Waals surface area contributed by atoms with E-state index in [4.69, 9.17) is 0 Å². The minimum absolute atomic E-state index is 0.00504. The molecule has 0 unspecified atom stereocenters. The molecule has 1 amide bonds. The number of Topliss-reactive ketones (excluding diaryl/α,β-unsaturated/α-hetero) is 1. The number of hydrogen-bond acceptors (Lipinski definition) is 6. The Morgan fingerprint density at radius 2 is 2.12 bits per heavy atom. The zero-order chi connectivity index (χ0) is 12.4. The quantitative estimate of drug-likeness (QED) is 0.510. The predicted molar refractivity (Wildman–Crippen MR) is 55.3 cm³/mol. The fraction of sp³-hybridized carbons (Fsp3) is 0.300. The Hall–Kier alpha value is -2.31. The predicted octanol–water partition coefficient (Wildman–Crippen LogP) is -0.431. The van der Waals surface area contributed by atoms with Gasteiger partial charge >= 0.3 is 5.97 Å². The third-order valence-corrected chi connectivity index (χ3v) is 2.31. The number of methoxy groups -OCH3 is 1. The van der Waals surface area contributed by atoms with Crippen LogP contribution in [0.3, 0.4) is 0 Å². The second-order valence-corrected chi connectivity index (χ2v) is 3.46. The van der Waals surface area contributed by atoms with Gasteiger partial charge in [0.25, 0.3) is 0 Å². The maximum Gasteiger partial charge on any atom is 0.358 e. The Balaban J connectivity index is 2.21. The van der Waals surface area contributed by atoms with Gasteiger partial charge in [0.15, 0.2) is 17.3 Å². The van der Waals surface area contributed by atoms with Crippen LogP contribution in [-0.4, -0.2) is 41.5 Å². The van der Waals surface area contributed by atoms with Gasteiger partial charge in [-0.1, -0.05) is 0 Å². The van der Waals surface area contributed by atoms with E-state index < -0.39 is 5.97 Å². The van der Waals surface area contributed by atoms with Crippen molar-refractivity contribution in [3.05, 3.63) is 17.8 Å². The molecule has 1 aliphatic rings. The lowest BCUT2D eigenvalue weighted by atomic mass is 10.3. The Morgan fingerprint density at radius 1 is 1.35 bits per heavy atom.